The highest BCUT2D eigenvalue weighted by Crippen LogP contribution is 2.28. The average molecular weight is 711 g/mol. The molecule has 0 bridgehead atoms. The van der Waals surface area contributed by atoms with E-state index in [0.717, 1.165) is 34.7 Å². The molecule has 1 unspecified atom stereocenters. The first-order chi connectivity index (χ1) is 24.7. The molecule has 276 valence electrons. The van der Waals surface area contributed by atoms with Crippen LogP contribution >= 0.6 is 0 Å². The maximum Gasteiger partial charge on any atom is 0.408 e. The van der Waals surface area contributed by atoms with Gasteiger partial charge in [0.05, 0.1) is 19.5 Å². The lowest BCUT2D eigenvalue weighted by Crippen LogP contribution is -2.59. The second-order valence-corrected chi connectivity index (χ2v) is 15.0. The predicted molar refractivity (Wildman–Crippen MR) is 199 cm³/mol. The highest BCUT2D eigenvalue weighted by atomic mass is 16.6. The first-order valence-electron chi connectivity index (χ1n) is 17.7. The number of fused-ring (bicyclic) bond motifs is 1. The highest BCUT2D eigenvalue weighted by molar-refractivity contribution is 5.98. The molecule has 5 rings (SSSR count). The molecule has 2 heterocycles. The second-order valence-electron chi connectivity index (χ2n) is 15.0. The molecule has 0 spiro atoms. The third kappa shape index (κ3) is 10.2. The minimum absolute atomic E-state index is 0.0448. The summed E-state index contributed by atoms with van der Waals surface area (Å²) in [5.41, 5.74) is -0.498. The fraction of sp³-hybridized carbons (Fsp3) is 0.425. The molecule has 1 aromatic heterocycles. The molecule has 1 saturated heterocycles. The van der Waals surface area contributed by atoms with Gasteiger partial charge in [-0.1, -0.05) is 73.7 Å². The largest absolute Gasteiger partial charge is 0.444 e. The van der Waals surface area contributed by atoms with Crippen LogP contribution in [-0.4, -0.2) is 75.1 Å². The third-order valence-corrected chi connectivity index (χ3v) is 8.97. The minimum atomic E-state index is -1.43. The van der Waals surface area contributed by atoms with Crippen LogP contribution < -0.4 is 16.0 Å². The van der Waals surface area contributed by atoms with Crippen LogP contribution in [-0.2, 0) is 30.5 Å². The highest BCUT2D eigenvalue weighted by Gasteiger charge is 2.35. The monoisotopic (exact) mass is 710 g/mol. The Hall–Kier alpha value is -5.23. The fourth-order valence-electron chi connectivity index (χ4n) is 5.98. The number of aromatic nitrogens is 2. The molecule has 1 aliphatic rings. The number of nitrogens with zero attached hydrogens (tertiary/aromatic N) is 3. The number of hydrogen-bond acceptors (Lipinski definition) is 7. The Morgan fingerprint density at radius 1 is 0.904 bits per heavy atom. The van der Waals surface area contributed by atoms with Crippen molar-refractivity contribution < 1.29 is 28.7 Å². The number of nitrogens with one attached hydrogen (secondary N) is 3. The van der Waals surface area contributed by atoms with Gasteiger partial charge in [-0.2, -0.15) is 0 Å². The summed E-state index contributed by atoms with van der Waals surface area (Å²) in [6.07, 6.45) is 4.26. The number of carbonyl (C=O) groups excluding carboxylic acids is 4. The fourth-order valence-corrected chi connectivity index (χ4v) is 5.98. The van der Waals surface area contributed by atoms with Crippen LogP contribution in [0.25, 0.3) is 10.8 Å². The van der Waals surface area contributed by atoms with E-state index < -0.39 is 41.1 Å². The number of carbonyl (C=O) groups is 4. The maximum absolute atomic E-state index is 14.2. The van der Waals surface area contributed by atoms with Crippen molar-refractivity contribution in [3.05, 3.63) is 96.4 Å². The Balaban J connectivity index is 1.36. The van der Waals surface area contributed by atoms with Gasteiger partial charge in [-0.3, -0.25) is 14.4 Å². The van der Waals surface area contributed by atoms with Gasteiger partial charge in [0, 0.05) is 19.3 Å². The smallest absolute Gasteiger partial charge is 0.408 e. The maximum atomic E-state index is 14.2. The van der Waals surface area contributed by atoms with Crippen LogP contribution in [0, 0.1) is 5.92 Å². The zero-order valence-electron chi connectivity index (χ0n) is 30.8. The molecule has 1 fully saturated rings. The van der Waals surface area contributed by atoms with Crippen molar-refractivity contribution in [2.24, 2.45) is 5.92 Å². The van der Waals surface area contributed by atoms with Gasteiger partial charge in [-0.15, -0.1) is 0 Å². The van der Waals surface area contributed by atoms with Crippen LogP contribution in [0.15, 0.2) is 85.3 Å². The van der Waals surface area contributed by atoms with Crippen molar-refractivity contribution in [3.63, 3.8) is 0 Å². The molecule has 52 heavy (non-hydrogen) atoms. The van der Waals surface area contributed by atoms with Crippen molar-refractivity contribution in [2.45, 2.75) is 84.2 Å². The zero-order chi connectivity index (χ0) is 37.5. The van der Waals surface area contributed by atoms with E-state index in [1.165, 1.54) is 20.2 Å². The van der Waals surface area contributed by atoms with Crippen molar-refractivity contribution >= 4 is 40.4 Å². The Labute approximate surface area is 305 Å². The lowest BCUT2D eigenvalue weighted by Gasteiger charge is -2.33. The first kappa shape index (κ1) is 38.0. The van der Waals surface area contributed by atoms with Crippen molar-refractivity contribution in [1.82, 2.24) is 25.1 Å². The number of amides is 4. The van der Waals surface area contributed by atoms with Crippen LogP contribution in [0.1, 0.15) is 71.6 Å². The first-order valence-corrected chi connectivity index (χ1v) is 17.7. The van der Waals surface area contributed by atoms with Crippen LogP contribution in [0.2, 0.25) is 0 Å². The van der Waals surface area contributed by atoms with Gasteiger partial charge in [0.15, 0.2) is 5.82 Å². The summed E-state index contributed by atoms with van der Waals surface area (Å²) in [5, 5.41) is 10.2. The molecule has 4 aromatic rings. The summed E-state index contributed by atoms with van der Waals surface area (Å²) in [5.74, 6) is -0.494. The van der Waals surface area contributed by atoms with Crippen molar-refractivity contribution in [3.8, 4) is 0 Å². The molecular weight excluding hydrogens is 660 g/mol. The van der Waals surface area contributed by atoms with Crippen molar-refractivity contribution in [1.29, 1.82) is 0 Å². The summed E-state index contributed by atoms with van der Waals surface area (Å²) >= 11 is 0. The number of piperidine rings is 1. The Kier molecular flexibility index (Phi) is 12.0. The van der Waals surface area contributed by atoms with E-state index in [-0.39, 0.29) is 24.9 Å². The quantitative estimate of drug-likeness (QED) is 0.168. The number of ether oxygens (including phenoxy) is 2. The molecule has 0 radical (unpaired) electrons. The Morgan fingerprint density at radius 2 is 1.58 bits per heavy atom. The van der Waals surface area contributed by atoms with Crippen molar-refractivity contribution in [2.75, 3.05) is 25.0 Å². The number of hydrogen-bond donors (Lipinski definition) is 3. The van der Waals surface area contributed by atoms with E-state index in [4.69, 9.17) is 9.47 Å². The zero-order valence-corrected chi connectivity index (χ0v) is 30.8. The van der Waals surface area contributed by atoms with Gasteiger partial charge in [-0.25, -0.2) is 9.78 Å². The number of likely N-dealkylation sites (tertiary alicyclic amines) is 1. The molecule has 0 aliphatic carbocycles. The lowest BCUT2D eigenvalue weighted by molar-refractivity contribution is -0.135. The topological polar surface area (TPSA) is 144 Å². The van der Waals surface area contributed by atoms with Gasteiger partial charge >= 0.3 is 6.09 Å². The minimum Gasteiger partial charge on any atom is -0.444 e. The van der Waals surface area contributed by atoms with Crippen LogP contribution in [0.4, 0.5) is 10.6 Å². The number of rotatable bonds is 12. The van der Waals surface area contributed by atoms with Gasteiger partial charge in [-0.05, 0) is 81.3 Å². The molecule has 2 atom stereocenters. The molecule has 3 aromatic carbocycles. The van der Waals surface area contributed by atoms with E-state index in [9.17, 15) is 19.2 Å². The molecule has 0 saturated carbocycles. The summed E-state index contributed by atoms with van der Waals surface area (Å²) in [4.78, 5) is 60.3. The Bertz CT molecular complexity index is 1860. The predicted octanol–water partition coefficient (Wildman–Crippen LogP) is 5.83. The van der Waals surface area contributed by atoms with Gasteiger partial charge in [0.25, 0.3) is 5.91 Å². The SMILES string of the molecule is CC1CCN(C(=O)C(c2ccc3ccccc3c2)n2cnc(NC(=O)[C@@H](COCc3ccccc3)NC(=O)C(C)(C)NC(=O)OC(C)(C)C)c2)CC1. The van der Waals surface area contributed by atoms with Crippen LogP contribution in [0.5, 0.6) is 0 Å². The second kappa shape index (κ2) is 16.4. The number of benzene rings is 3. The van der Waals surface area contributed by atoms with E-state index >= 15 is 0 Å². The van der Waals surface area contributed by atoms with Gasteiger partial charge < -0.3 is 34.9 Å². The average Bonchev–Trinajstić information content (AvgIpc) is 3.54. The standard InChI is InChI=1S/C40H50N6O6/c1-27-18-20-45(21-19-27)36(48)34(31-17-16-29-14-10-11-15-30(29)22-31)46-23-33(41-26-46)43-35(47)32(25-51-24-28-12-8-7-9-13-28)42-37(49)40(5,6)44-38(50)52-39(2,3)4/h7-17,22-23,26-27,32,34H,18-21,24-25H2,1-6H3,(H,42,49)(H,43,47)(H,44,50)/t32-,34?/m1/s1. The Morgan fingerprint density at radius 3 is 2.27 bits per heavy atom. The normalized spacial score (nSPS) is 15.1. The van der Waals surface area contributed by atoms with E-state index in [1.54, 1.807) is 31.5 Å². The van der Waals surface area contributed by atoms with Gasteiger partial charge in [0.1, 0.15) is 23.2 Å². The third-order valence-electron chi connectivity index (χ3n) is 8.97. The molecule has 1 aliphatic heterocycles. The number of alkyl carbamates (subject to hydrolysis) is 1. The summed E-state index contributed by atoms with van der Waals surface area (Å²) in [6.45, 7) is 11.8. The summed E-state index contributed by atoms with van der Waals surface area (Å²) in [6, 6.07) is 21.5. The molecular formula is C40H50N6O6. The summed E-state index contributed by atoms with van der Waals surface area (Å²) < 4.78 is 12.9. The molecule has 12 nitrogen and oxygen atoms in total. The lowest BCUT2D eigenvalue weighted by atomic mass is 9.96. The van der Waals surface area contributed by atoms with E-state index in [2.05, 4.69) is 27.9 Å². The number of imidazole rings is 1. The van der Waals surface area contributed by atoms with Gasteiger partial charge in [0.2, 0.25) is 11.8 Å². The molecule has 3 N–H and O–H groups in total. The summed E-state index contributed by atoms with van der Waals surface area (Å²) in [7, 11) is 0. The molecule has 12 heteroatoms. The number of anilines is 1. The van der Waals surface area contributed by atoms with E-state index in [1.807, 2.05) is 77.7 Å². The molecule has 4 amide bonds. The van der Waals surface area contributed by atoms with E-state index in [0.29, 0.717) is 19.0 Å². The van der Waals surface area contributed by atoms with Crippen LogP contribution in [0.3, 0.4) is 0 Å².